The molecule has 136 valence electrons. The highest BCUT2D eigenvalue weighted by atomic mass is 32.2. The van der Waals surface area contributed by atoms with Crippen LogP contribution in [0, 0.1) is 0 Å². The predicted molar refractivity (Wildman–Crippen MR) is 85.6 cm³/mol. The SMILES string of the molecule is COc1ccc(OC)c(S(=O)(=O)N2CCCC2c2noc(CO)n2)c1. The van der Waals surface area contributed by atoms with Crippen LogP contribution in [0.15, 0.2) is 27.6 Å². The second-order valence-electron chi connectivity index (χ2n) is 5.50. The summed E-state index contributed by atoms with van der Waals surface area (Å²) in [6, 6.07) is 4.06. The van der Waals surface area contributed by atoms with Crippen molar-refractivity contribution in [2.45, 2.75) is 30.4 Å². The van der Waals surface area contributed by atoms with Gasteiger partial charge in [-0.25, -0.2) is 8.42 Å². The summed E-state index contributed by atoms with van der Waals surface area (Å²) in [4.78, 5) is 4.08. The molecule has 3 rings (SSSR count). The normalized spacial score (nSPS) is 18.4. The van der Waals surface area contributed by atoms with Crippen molar-refractivity contribution in [1.29, 1.82) is 0 Å². The molecular formula is C15H19N3O6S. The van der Waals surface area contributed by atoms with Gasteiger partial charge >= 0.3 is 0 Å². The van der Waals surface area contributed by atoms with E-state index in [4.69, 9.17) is 19.1 Å². The van der Waals surface area contributed by atoms with Gasteiger partial charge in [-0.1, -0.05) is 5.16 Å². The fourth-order valence-electron chi connectivity index (χ4n) is 2.87. The second kappa shape index (κ2) is 6.98. The largest absolute Gasteiger partial charge is 0.497 e. The summed E-state index contributed by atoms with van der Waals surface area (Å²) in [5.41, 5.74) is 0. The maximum atomic E-state index is 13.2. The van der Waals surface area contributed by atoms with Crippen LogP contribution in [0.1, 0.15) is 30.6 Å². The summed E-state index contributed by atoms with van der Waals surface area (Å²) in [5.74, 6) is 0.943. The molecule has 2 aromatic rings. The highest BCUT2D eigenvalue weighted by Gasteiger charge is 2.40. The van der Waals surface area contributed by atoms with Crippen LogP contribution in [0.3, 0.4) is 0 Å². The third kappa shape index (κ3) is 3.20. The Morgan fingerprint density at radius 1 is 1.36 bits per heavy atom. The lowest BCUT2D eigenvalue weighted by atomic mass is 10.2. The summed E-state index contributed by atoms with van der Waals surface area (Å²) >= 11 is 0. The van der Waals surface area contributed by atoms with E-state index in [1.54, 1.807) is 12.1 Å². The van der Waals surface area contributed by atoms with E-state index in [2.05, 4.69) is 10.1 Å². The van der Waals surface area contributed by atoms with Crippen molar-refractivity contribution < 1.29 is 27.5 Å². The average Bonchev–Trinajstić information content (AvgIpc) is 3.29. The Morgan fingerprint density at radius 3 is 2.80 bits per heavy atom. The highest BCUT2D eigenvalue weighted by molar-refractivity contribution is 7.89. The minimum atomic E-state index is -3.86. The molecule has 1 fully saturated rings. The minimum absolute atomic E-state index is 0.0205. The first kappa shape index (κ1) is 17.6. The predicted octanol–water partition coefficient (Wildman–Crippen LogP) is 1.10. The molecule has 1 aliphatic heterocycles. The Morgan fingerprint density at radius 2 is 2.16 bits per heavy atom. The van der Waals surface area contributed by atoms with Crippen LogP contribution in [0.4, 0.5) is 0 Å². The number of hydrogen-bond donors (Lipinski definition) is 1. The Labute approximate surface area is 145 Å². The molecule has 1 aromatic heterocycles. The van der Waals surface area contributed by atoms with Crippen molar-refractivity contribution in [3.05, 3.63) is 29.9 Å². The maximum Gasteiger partial charge on any atom is 0.252 e. The second-order valence-corrected chi connectivity index (χ2v) is 7.35. The summed E-state index contributed by atoms with van der Waals surface area (Å²) in [6.45, 7) is -0.0630. The minimum Gasteiger partial charge on any atom is -0.497 e. The number of benzene rings is 1. The van der Waals surface area contributed by atoms with E-state index in [1.807, 2.05) is 0 Å². The quantitative estimate of drug-likeness (QED) is 0.805. The molecule has 0 spiro atoms. The van der Waals surface area contributed by atoms with E-state index in [-0.39, 0.29) is 22.4 Å². The van der Waals surface area contributed by atoms with Crippen molar-refractivity contribution in [3.8, 4) is 11.5 Å². The molecule has 0 radical (unpaired) electrons. The van der Waals surface area contributed by atoms with Gasteiger partial charge in [-0.2, -0.15) is 9.29 Å². The van der Waals surface area contributed by atoms with Gasteiger partial charge in [-0.3, -0.25) is 0 Å². The summed E-state index contributed by atoms with van der Waals surface area (Å²) < 4.78 is 43.0. The number of methoxy groups -OCH3 is 2. The average molecular weight is 369 g/mol. The fraction of sp³-hybridized carbons (Fsp3) is 0.467. The molecule has 1 saturated heterocycles. The van der Waals surface area contributed by atoms with Crippen molar-refractivity contribution in [2.75, 3.05) is 20.8 Å². The molecule has 1 N–H and O–H groups in total. The molecule has 2 heterocycles. The molecule has 1 unspecified atom stereocenters. The van der Waals surface area contributed by atoms with Gasteiger partial charge in [0.2, 0.25) is 10.0 Å². The highest BCUT2D eigenvalue weighted by Crippen LogP contribution is 2.38. The van der Waals surface area contributed by atoms with E-state index in [1.165, 1.54) is 24.6 Å². The number of nitrogens with zero attached hydrogens (tertiary/aromatic N) is 3. The number of hydrogen-bond acceptors (Lipinski definition) is 8. The molecule has 0 bridgehead atoms. The molecule has 1 atom stereocenters. The Bertz CT molecular complexity index is 851. The zero-order chi connectivity index (χ0) is 18.0. The molecule has 0 amide bonds. The van der Waals surface area contributed by atoms with Crippen LogP contribution >= 0.6 is 0 Å². The van der Waals surface area contributed by atoms with E-state index in [0.29, 0.717) is 25.1 Å². The summed E-state index contributed by atoms with van der Waals surface area (Å²) in [5, 5.41) is 12.9. The van der Waals surface area contributed by atoms with E-state index in [0.717, 1.165) is 0 Å². The number of aliphatic hydroxyl groups excluding tert-OH is 1. The van der Waals surface area contributed by atoms with Crippen molar-refractivity contribution in [3.63, 3.8) is 0 Å². The van der Waals surface area contributed by atoms with Gasteiger partial charge in [0.1, 0.15) is 23.0 Å². The van der Waals surface area contributed by atoms with Crippen LogP contribution in [-0.4, -0.2) is 48.7 Å². The maximum absolute atomic E-state index is 13.2. The third-order valence-corrected chi connectivity index (χ3v) is 6.01. The number of aliphatic hydroxyl groups is 1. The standard InChI is InChI=1S/C15H19N3O6S/c1-22-10-5-6-12(23-2)13(8-10)25(20,21)18-7-3-4-11(18)15-16-14(9-19)24-17-15/h5-6,8,11,19H,3-4,7,9H2,1-2H3. The van der Waals surface area contributed by atoms with Gasteiger partial charge in [-0.15, -0.1) is 0 Å². The number of ether oxygens (including phenoxy) is 2. The van der Waals surface area contributed by atoms with Crippen molar-refractivity contribution in [1.82, 2.24) is 14.4 Å². The molecule has 0 aliphatic carbocycles. The summed E-state index contributed by atoms with van der Waals surface area (Å²) in [7, 11) is -0.988. The fourth-order valence-corrected chi connectivity index (χ4v) is 4.69. The van der Waals surface area contributed by atoms with Crippen LogP contribution in [0.5, 0.6) is 11.5 Å². The smallest absolute Gasteiger partial charge is 0.252 e. The van der Waals surface area contributed by atoms with Crippen molar-refractivity contribution in [2.24, 2.45) is 0 Å². The molecule has 9 nitrogen and oxygen atoms in total. The molecule has 25 heavy (non-hydrogen) atoms. The first-order chi connectivity index (χ1) is 12.0. The lowest BCUT2D eigenvalue weighted by Crippen LogP contribution is -2.31. The molecule has 10 heteroatoms. The number of sulfonamides is 1. The van der Waals surface area contributed by atoms with Crippen LogP contribution in [-0.2, 0) is 16.6 Å². The number of aromatic nitrogens is 2. The molecule has 1 aromatic carbocycles. The van der Waals surface area contributed by atoms with Gasteiger partial charge in [0, 0.05) is 12.6 Å². The van der Waals surface area contributed by atoms with Gasteiger partial charge in [-0.05, 0) is 25.0 Å². The van der Waals surface area contributed by atoms with E-state index in [9.17, 15) is 8.42 Å². The zero-order valence-electron chi connectivity index (χ0n) is 13.9. The van der Waals surface area contributed by atoms with Gasteiger partial charge < -0.3 is 19.1 Å². The first-order valence-electron chi connectivity index (χ1n) is 7.68. The first-order valence-corrected chi connectivity index (χ1v) is 9.12. The summed E-state index contributed by atoms with van der Waals surface area (Å²) in [6.07, 6.45) is 1.23. The van der Waals surface area contributed by atoms with E-state index >= 15 is 0 Å². The molecule has 1 aliphatic rings. The zero-order valence-corrected chi connectivity index (χ0v) is 14.7. The molecular weight excluding hydrogens is 350 g/mol. The Balaban J connectivity index is 2.01. The van der Waals surface area contributed by atoms with Crippen molar-refractivity contribution >= 4 is 10.0 Å². The van der Waals surface area contributed by atoms with Gasteiger partial charge in [0.15, 0.2) is 5.82 Å². The number of rotatable bonds is 6. The lowest BCUT2D eigenvalue weighted by molar-refractivity contribution is 0.222. The van der Waals surface area contributed by atoms with Crippen LogP contribution in [0.25, 0.3) is 0 Å². The Hall–Kier alpha value is -2.17. The molecule has 0 saturated carbocycles. The topological polar surface area (TPSA) is 115 Å². The monoisotopic (exact) mass is 369 g/mol. The van der Waals surface area contributed by atoms with E-state index < -0.39 is 22.7 Å². The van der Waals surface area contributed by atoms with Gasteiger partial charge in [0.05, 0.1) is 20.3 Å². The lowest BCUT2D eigenvalue weighted by Gasteiger charge is -2.23. The Kier molecular flexibility index (Phi) is 4.93. The third-order valence-electron chi connectivity index (χ3n) is 4.08. The van der Waals surface area contributed by atoms with Crippen LogP contribution < -0.4 is 9.47 Å². The van der Waals surface area contributed by atoms with Gasteiger partial charge in [0.25, 0.3) is 5.89 Å². The van der Waals surface area contributed by atoms with Crippen LogP contribution in [0.2, 0.25) is 0 Å².